The zero-order valence-electron chi connectivity index (χ0n) is 14.8. The van der Waals surface area contributed by atoms with Crippen LogP contribution in [-0.2, 0) is 4.79 Å². The van der Waals surface area contributed by atoms with Crippen LogP contribution in [0.1, 0.15) is 16.8 Å². The van der Waals surface area contributed by atoms with Crippen molar-refractivity contribution in [2.24, 2.45) is 5.73 Å². The third-order valence-electron chi connectivity index (χ3n) is 4.10. The third-order valence-corrected chi connectivity index (χ3v) is 4.10. The molecule has 29 heavy (non-hydrogen) atoms. The van der Waals surface area contributed by atoms with Crippen LogP contribution in [0, 0.1) is 16.6 Å². The number of aromatic nitrogens is 2. The average molecular weight is 400 g/mol. The number of alkyl halides is 2. The number of carbonyl (C=O) groups is 1. The number of pyridine rings is 1. The summed E-state index contributed by atoms with van der Waals surface area (Å²) in [5, 5.41) is 18.0. The van der Waals surface area contributed by atoms with Gasteiger partial charge in [-0.1, -0.05) is 12.1 Å². The van der Waals surface area contributed by atoms with Crippen molar-refractivity contribution in [3.8, 4) is 0 Å². The van der Waals surface area contributed by atoms with Gasteiger partial charge in [-0.25, -0.2) is 9.37 Å². The number of amidine groups is 1. The van der Waals surface area contributed by atoms with E-state index in [-0.39, 0.29) is 22.5 Å². The van der Waals surface area contributed by atoms with E-state index < -0.39 is 24.0 Å². The van der Waals surface area contributed by atoms with Crippen LogP contribution in [0.2, 0.25) is 0 Å². The molecule has 3 aromatic rings. The van der Waals surface area contributed by atoms with E-state index in [9.17, 15) is 18.0 Å². The summed E-state index contributed by atoms with van der Waals surface area (Å²) in [5.41, 5.74) is 6.59. The Morgan fingerprint density at radius 3 is 2.59 bits per heavy atom. The normalized spacial score (nSPS) is 11.7. The Balaban J connectivity index is 2.00. The summed E-state index contributed by atoms with van der Waals surface area (Å²) in [4.78, 5) is 15.2. The first-order valence-electron chi connectivity index (χ1n) is 8.24. The molecule has 2 aromatic heterocycles. The Kier molecular flexibility index (Phi) is 5.44. The first kappa shape index (κ1) is 19.8. The number of hydrogen-bond donors (Lipinski definition) is 4. The van der Waals surface area contributed by atoms with Crippen LogP contribution < -0.4 is 11.1 Å². The van der Waals surface area contributed by atoms with Gasteiger partial charge < -0.3 is 11.1 Å². The van der Waals surface area contributed by atoms with Gasteiger partial charge in [0, 0.05) is 29.1 Å². The monoisotopic (exact) mass is 400 g/mol. The third kappa shape index (κ3) is 3.86. The van der Waals surface area contributed by atoms with Crippen LogP contribution >= 0.6 is 0 Å². The summed E-state index contributed by atoms with van der Waals surface area (Å²) in [7, 11) is 0. The summed E-state index contributed by atoms with van der Waals surface area (Å²) < 4.78 is 40.3. The number of carbonyl (C=O) groups excluding carboxylic acids is 1. The highest BCUT2D eigenvalue weighted by molar-refractivity contribution is 6.30. The molecule has 0 unspecified atom stereocenters. The topological polar surface area (TPSA) is 120 Å². The molecule has 0 radical (unpaired) electrons. The molecule has 0 fully saturated rings. The molecule has 3 rings (SSSR count). The van der Waals surface area contributed by atoms with Crippen molar-refractivity contribution in [3.63, 3.8) is 0 Å². The van der Waals surface area contributed by atoms with Gasteiger partial charge in [-0.3, -0.25) is 20.0 Å². The molecule has 5 N–H and O–H groups in total. The van der Waals surface area contributed by atoms with Gasteiger partial charge in [0.25, 0.3) is 5.91 Å². The van der Waals surface area contributed by atoms with E-state index in [2.05, 4.69) is 4.98 Å². The fourth-order valence-corrected chi connectivity index (χ4v) is 2.70. The number of rotatable bonds is 5. The lowest BCUT2D eigenvalue weighted by molar-refractivity contribution is -0.130. The Bertz CT molecular complexity index is 1150. The second-order valence-electron chi connectivity index (χ2n) is 5.89. The van der Waals surface area contributed by atoms with Gasteiger partial charge in [-0.05, 0) is 24.3 Å². The number of nitrogens with one attached hydrogen (secondary N) is 3. The summed E-state index contributed by atoms with van der Waals surface area (Å²) in [6.45, 7) is 0. The zero-order chi connectivity index (χ0) is 21.1. The van der Waals surface area contributed by atoms with E-state index in [1.807, 2.05) is 0 Å². The number of amides is 1. The van der Waals surface area contributed by atoms with Crippen molar-refractivity contribution < 1.29 is 18.0 Å². The number of hydrogen-bond acceptors (Lipinski definition) is 5. The van der Waals surface area contributed by atoms with E-state index in [0.717, 1.165) is 6.20 Å². The van der Waals surface area contributed by atoms with Crippen molar-refractivity contribution in [2.75, 3.05) is 0 Å². The number of nitrogens with two attached hydrogens (primary N) is 1. The average Bonchev–Trinajstić information content (AvgIpc) is 3.12. The highest BCUT2D eigenvalue weighted by atomic mass is 19.3. The SMILES string of the molecule is N=C(/C(=C\N)c1ccc2ncc(C(=N)NC(=O)C(F)F)n2c1)c1ccccc1F. The first-order chi connectivity index (χ1) is 13.8. The molecule has 0 saturated heterocycles. The summed E-state index contributed by atoms with van der Waals surface area (Å²) in [6.07, 6.45) is 0.588. The van der Waals surface area contributed by atoms with Crippen LogP contribution in [0.25, 0.3) is 11.2 Å². The van der Waals surface area contributed by atoms with Crippen molar-refractivity contribution in [2.45, 2.75) is 6.43 Å². The number of halogens is 3. The van der Waals surface area contributed by atoms with Gasteiger partial charge in [-0.2, -0.15) is 8.78 Å². The van der Waals surface area contributed by atoms with Gasteiger partial charge in [0.15, 0.2) is 5.84 Å². The van der Waals surface area contributed by atoms with E-state index in [1.54, 1.807) is 23.5 Å². The lowest BCUT2D eigenvalue weighted by atomic mass is 9.97. The number of nitrogens with zero attached hydrogens (tertiary/aromatic N) is 2. The smallest absolute Gasteiger partial charge is 0.315 e. The van der Waals surface area contributed by atoms with Crippen LogP contribution in [0.3, 0.4) is 0 Å². The lowest BCUT2D eigenvalue weighted by Crippen LogP contribution is -2.35. The highest BCUT2D eigenvalue weighted by Crippen LogP contribution is 2.22. The molecule has 10 heteroatoms. The maximum atomic E-state index is 14.1. The van der Waals surface area contributed by atoms with Crippen molar-refractivity contribution in [1.82, 2.24) is 14.7 Å². The van der Waals surface area contributed by atoms with Gasteiger partial charge in [0.05, 0.1) is 11.9 Å². The molecule has 1 aromatic carbocycles. The molecule has 0 bridgehead atoms. The van der Waals surface area contributed by atoms with E-state index >= 15 is 0 Å². The largest absolute Gasteiger partial charge is 0.404 e. The maximum absolute atomic E-state index is 14.1. The van der Waals surface area contributed by atoms with Crippen LogP contribution in [0.5, 0.6) is 0 Å². The quantitative estimate of drug-likeness (QED) is 0.389. The number of imidazole rings is 1. The van der Waals surface area contributed by atoms with Gasteiger partial charge in [-0.15, -0.1) is 0 Å². The van der Waals surface area contributed by atoms with Gasteiger partial charge in [0.1, 0.15) is 17.2 Å². The summed E-state index contributed by atoms with van der Waals surface area (Å²) in [6, 6.07) is 8.91. The lowest BCUT2D eigenvalue weighted by Gasteiger charge is -2.12. The molecule has 0 aliphatic heterocycles. The number of fused-ring (bicyclic) bond motifs is 1. The molecular weight excluding hydrogens is 385 g/mol. The molecule has 2 heterocycles. The molecular formula is C19H15F3N6O. The summed E-state index contributed by atoms with van der Waals surface area (Å²) >= 11 is 0. The standard InChI is InChI=1S/C19H15F3N6O/c20-13-4-2-1-3-11(13)16(24)12(7-23)10-5-6-15-26-8-14(28(15)9-10)18(25)27-19(29)17(21)22/h1-9,17,24H,23H2,(H2,25,27,29)/b12-7-,24-16?. The second-order valence-corrected chi connectivity index (χ2v) is 5.89. The van der Waals surface area contributed by atoms with E-state index in [1.165, 1.54) is 35.0 Å². The number of benzene rings is 1. The molecule has 0 atom stereocenters. The predicted molar refractivity (Wildman–Crippen MR) is 102 cm³/mol. The Morgan fingerprint density at radius 2 is 1.93 bits per heavy atom. The van der Waals surface area contributed by atoms with Crippen LogP contribution in [0.15, 0.2) is 55.0 Å². The fourth-order valence-electron chi connectivity index (χ4n) is 2.70. The summed E-state index contributed by atoms with van der Waals surface area (Å²) in [5.74, 6) is -2.76. The Labute approximate surface area is 162 Å². The van der Waals surface area contributed by atoms with Crippen molar-refractivity contribution in [3.05, 3.63) is 77.6 Å². The van der Waals surface area contributed by atoms with Crippen molar-refractivity contribution in [1.29, 1.82) is 10.8 Å². The molecule has 148 valence electrons. The van der Waals surface area contributed by atoms with Gasteiger partial charge >= 0.3 is 6.43 Å². The molecule has 1 amide bonds. The zero-order valence-corrected chi connectivity index (χ0v) is 14.8. The minimum atomic E-state index is -3.27. The van der Waals surface area contributed by atoms with E-state index in [4.69, 9.17) is 16.6 Å². The van der Waals surface area contributed by atoms with Crippen molar-refractivity contribution >= 4 is 28.7 Å². The van der Waals surface area contributed by atoms with E-state index in [0.29, 0.717) is 11.2 Å². The molecule has 0 aliphatic rings. The minimum Gasteiger partial charge on any atom is -0.404 e. The fraction of sp³-hybridized carbons (Fsp3) is 0.0526. The Hall–Kier alpha value is -3.95. The Morgan fingerprint density at radius 1 is 1.21 bits per heavy atom. The second kappa shape index (κ2) is 7.97. The molecule has 0 spiro atoms. The molecule has 0 aliphatic carbocycles. The minimum absolute atomic E-state index is 0.0460. The highest BCUT2D eigenvalue weighted by Gasteiger charge is 2.20. The van der Waals surface area contributed by atoms with Crippen LogP contribution in [0.4, 0.5) is 13.2 Å². The van der Waals surface area contributed by atoms with Gasteiger partial charge in [0.2, 0.25) is 0 Å². The number of allylic oxidation sites excluding steroid dienone is 1. The first-order valence-corrected chi connectivity index (χ1v) is 8.24. The maximum Gasteiger partial charge on any atom is 0.315 e. The molecule has 0 saturated carbocycles. The van der Waals surface area contributed by atoms with Crippen LogP contribution in [-0.4, -0.2) is 33.3 Å². The predicted octanol–water partition coefficient (Wildman–Crippen LogP) is 2.55. The molecule has 7 nitrogen and oxygen atoms in total.